The lowest BCUT2D eigenvalue weighted by atomic mass is 10.0. The SMILES string of the molecule is CN(C(=O)C=Cc1ccc(C#N)cc1)C1CCN(CCc2ccccn2)CC1. The Kier molecular flexibility index (Phi) is 6.94. The molecular formula is C23H26N4O. The molecule has 0 N–H and O–H groups in total. The number of carbonyl (C=O) groups excluding carboxylic acids is 1. The molecule has 1 aromatic carbocycles. The molecule has 3 rings (SSSR count). The predicted octanol–water partition coefficient (Wildman–Crippen LogP) is 3.13. The Labute approximate surface area is 166 Å². The third-order valence-electron chi connectivity index (χ3n) is 5.32. The monoisotopic (exact) mass is 374 g/mol. The van der Waals surface area contributed by atoms with Crippen molar-refractivity contribution in [3.05, 3.63) is 71.6 Å². The van der Waals surface area contributed by atoms with Crippen molar-refractivity contribution in [2.75, 3.05) is 26.7 Å². The minimum Gasteiger partial charge on any atom is -0.339 e. The van der Waals surface area contributed by atoms with Gasteiger partial charge in [0.05, 0.1) is 11.6 Å². The molecule has 0 bridgehead atoms. The first-order valence-electron chi connectivity index (χ1n) is 9.73. The zero-order valence-corrected chi connectivity index (χ0v) is 16.3. The van der Waals surface area contributed by atoms with Gasteiger partial charge in [0, 0.05) is 57.1 Å². The Morgan fingerprint density at radius 1 is 1.25 bits per heavy atom. The Morgan fingerprint density at radius 3 is 2.64 bits per heavy atom. The number of aromatic nitrogens is 1. The molecule has 0 radical (unpaired) electrons. The maximum Gasteiger partial charge on any atom is 0.246 e. The van der Waals surface area contributed by atoms with Gasteiger partial charge in [0.25, 0.3) is 0 Å². The van der Waals surface area contributed by atoms with Crippen molar-refractivity contribution >= 4 is 12.0 Å². The van der Waals surface area contributed by atoms with E-state index < -0.39 is 0 Å². The van der Waals surface area contributed by atoms with Crippen LogP contribution in [0.2, 0.25) is 0 Å². The van der Waals surface area contributed by atoms with E-state index in [0.717, 1.165) is 50.2 Å². The van der Waals surface area contributed by atoms with Crippen molar-refractivity contribution in [1.29, 1.82) is 5.26 Å². The number of nitriles is 1. The molecular weight excluding hydrogens is 348 g/mol. The summed E-state index contributed by atoms with van der Waals surface area (Å²) in [6.45, 7) is 3.03. The second-order valence-corrected chi connectivity index (χ2v) is 7.16. The number of likely N-dealkylation sites (tertiary alicyclic amines) is 1. The zero-order chi connectivity index (χ0) is 19.8. The third-order valence-corrected chi connectivity index (χ3v) is 5.32. The van der Waals surface area contributed by atoms with Crippen molar-refractivity contribution in [3.63, 3.8) is 0 Å². The number of pyridine rings is 1. The van der Waals surface area contributed by atoms with E-state index in [1.807, 2.05) is 48.5 Å². The number of hydrogen-bond donors (Lipinski definition) is 0. The van der Waals surface area contributed by atoms with Crippen LogP contribution in [0.1, 0.15) is 29.7 Å². The summed E-state index contributed by atoms with van der Waals surface area (Å²) in [7, 11) is 1.89. The lowest BCUT2D eigenvalue weighted by Crippen LogP contribution is -2.45. The molecule has 2 aromatic rings. The fourth-order valence-electron chi connectivity index (χ4n) is 3.48. The Morgan fingerprint density at radius 2 is 2.00 bits per heavy atom. The van der Waals surface area contributed by atoms with Crippen molar-refractivity contribution < 1.29 is 4.79 Å². The fraction of sp³-hybridized carbons (Fsp3) is 0.348. The van der Waals surface area contributed by atoms with Crippen molar-refractivity contribution in [1.82, 2.24) is 14.8 Å². The minimum atomic E-state index is 0.0243. The lowest BCUT2D eigenvalue weighted by molar-refractivity contribution is -0.127. The predicted molar refractivity (Wildman–Crippen MR) is 110 cm³/mol. The van der Waals surface area contributed by atoms with Crippen LogP contribution in [0.5, 0.6) is 0 Å². The van der Waals surface area contributed by atoms with Gasteiger partial charge in [-0.15, -0.1) is 0 Å². The normalized spacial score (nSPS) is 15.4. The van der Waals surface area contributed by atoms with Crippen molar-refractivity contribution in [3.8, 4) is 6.07 Å². The lowest BCUT2D eigenvalue weighted by Gasteiger charge is -2.36. The fourth-order valence-corrected chi connectivity index (χ4v) is 3.48. The molecule has 1 aliphatic rings. The van der Waals surface area contributed by atoms with Gasteiger partial charge < -0.3 is 9.80 Å². The van der Waals surface area contributed by atoms with E-state index in [1.54, 1.807) is 18.2 Å². The first-order chi connectivity index (χ1) is 13.7. The van der Waals surface area contributed by atoms with Gasteiger partial charge in [0.1, 0.15) is 0 Å². The zero-order valence-electron chi connectivity index (χ0n) is 16.3. The van der Waals surface area contributed by atoms with Crippen LogP contribution < -0.4 is 0 Å². The van der Waals surface area contributed by atoms with Crippen molar-refractivity contribution in [2.24, 2.45) is 0 Å². The molecule has 0 spiro atoms. The van der Waals surface area contributed by atoms with E-state index in [0.29, 0.717) is 5.56 Å². The second-order valence-electron chi connectivity index (χ2n) is 7.16. The maximum absolute atomic E-state index is 12.5. The minimum absolute atomic E-state index is 0.0243. The van der Waals surface area contributed by atoms with Gasteiger partial charge in [-0.1, -0.05) is 18.2 Å². The van der Waals surface area contributed by atoms with Crippen LogP contribution in [0.25, 0.3) is 6.08 Å². The summed E-state index contributed by atoms with van der Waals surface area (Å²) in [6, 6.07) is 15.6. The molecule has 2 heterocycles. The highest BCUT2D eigenvalue weighted by atomic mass is 16.2. The molecule has 28 heavy (non-hydrogen) atoms. The number of carbonyl (C=O) groups is 1. The first kappa shape index (κ1) is 19.8. The summed E-state index contributed by atoms with van der Waals surface area (Å²) >= 11 is 0. The van der Waals surface area contributed by atoms with E-state index in [9.17, 15) is 4.79 Å². The van der Waals surface area contributed by atoms with Crippen LogP contribution in [0.3, 0.4) is 0 Å². The van der Waals surface area contributed by atoms with Gasteiger partial charge in [0.15, 0.2) is 0 Å². The highest BCUT2D eigenvalue weighted by Crippen LogP contribution is 2.16. The largest absolute Gasteiger partial charge is 0.339 e. The van der Waals surface area contributed by atoms with Crippen LogP contribution in [0.15, 0.2) is 54.7 Å². The first-order valence-corrected chi connectivity index (χ1v) is 9.73. The number of likely N-dealkylation sites (N-methyl/N-ethyl adjacent to an activating group) is 1. The quantitative estimate of drug-likeness (QED) is 0.729. The highest BCUT2D eigenvalue weighted by molar-refractivity contribution is 5.91. The average Bonchev–Trinajstić information content (AvgIpc) is 2.77. The maximum atomic E-state index is 12.5. The van der Waals surface area contributed by atoms with Gasteiger partial charge in [-0.25, -0.2) is 0 Å². The Balaban J connectivity index is 1.44. The van der Waals surface area contributed by atoms with Crippen molar-refractivity contribution in [2.45, 2.75) is 25.3 Å². The van der Waals surface area contributed by atoms with E-state index in [1.165, 1.54) is 0 Å². The summed E-state index contributed by atoms with van der Waals surface area (Å²) in [4.78, 5) is 21.2. The number of rotatable bonds is 6. The van der Waals surface area contributed by atoms with Crippen LogP contribution in [0.4, 0.5) is 0 Å². The highest BCUT2D eigenvalue weighted by Gasteiger charge is 2.24. The number of nitrogens with zero attached hydrogens (tertiary/aromatic N) is 4. The van der Waals surface area contributed by atoms with E-state index >= 15 is 0 Å². The molecule has 0 saturated carbocycles. The van der Waals surface area contributed by atoms with Crippen LogP contribution in [-0.2, 0) is 11.2 Å². The topological polar surface area (TPSA) is 60.2 Å². The van der Waals surface area contributed by atoms with Gasteiger partial charge >= 0.3 is 0 Å². The number of amides is 1. The summed E-state index contributed by atoms with van der Waals surface area (Å²) < 4.78 is 0. The van der Waals surface area contributed by atoms with E-state index in [2.05, 4.69) is 22.0 Å². The molecule has 1 amide bonds. The molecule has 144 valence electrons. The molecule has 1 fully saturated rings. The molecule has 1 aromatic heterocycles. The third kappa shape index (κ3) is 5.51. The van der Waals surface area contributed by atoms with Crippen LogP contribution in [0, 0.1) is 11.3 Å². The molecule has 1 aliphatic heterocycles. The second kappa shape index (κ2) is 9.82. The van der Waals surface area contributed by atoms with Gasteiger partial charge in [-0.05, 0) is 48.7 Å². The van der Waals surface area contributed by atoms with Crippen LogP contribution in [-0.4, -0.2) is 53.4 Å². The molecule has 1 saturated heterocycles. The average molecular weight is 374 g/mol. The van der Waals surface area contributed by atoms with Gasteiger partial charge in [-0.2, -0.15) is 5.26 Å². The Hall–Kier alpha value is -2.97. The number of benzene rings is 1. The van der Waals surface area contributed by atoms with Gasteiger partial charge in [-0.3, -0.25) is 9.78 Å². The van der Waals surface area contributed by atoms with E-state index in [4.69, 9.17) is 5.26 Å². The molecule has 0 atom stereocenters. The van der Waals surface area contributed by atoms with Gasteiger partial charge in [0.2, 0.25) is 5.91 Å². The smallest absolute Gasteiger partial charge is 0.246 e. The molecule has 0 unspecified atom stereocenters. The summed E-state index contributed by atoms with van der Waals surface area (Å²) in [5.41, 5.74) is 2.67. The summed E-state index contributed by atoms with van der Waals surface area (Å²) in [6.07, 6.45) is 8.22. The number of piperidine rings is 1. The van der Waals surface area contributed by atoms with Crippen LogP contribution >= 0.6 is 0 Å². The van der Waals surface area contributed by atoms with E-state index in [-0.39, 0.29) is 11.9 Å². The Bertz CT molecular complexity index is 831. The molecule has 5 nitrogen and oxygen atoms in total. The molecule has 0 aliphatic carbocycles. The number of hydrogen-bond acceptors (Lipinski definition) is 4. The standard InChI is InChI=1S/C23H26N4O/c1-26(23(28)10-9-19-5-7-20(18-24)8-6-19)22-12-16-27(17-13-22)15-11-21-4-2-3-14-25-21/h2-10,14,22H,11-13,15-17H2,1H3. The molecule has 5 heteroatoms. The summed E-state index contributed by atoms with van der Waals surface area (Å²) in [5, 5.41) is 8.84. The summed E-state index contributed by atoms with van der Waals surface area (Å²) in [5.74, 6) is 0.0243.